The molecular weight excluding hydrogens is 683 g/mol. The number of rotatable bonds is 6. The summed E-state index contributed by atoms with van der Waals surface area (Å²) in [4.78, 5) is 54.8. The molecule has 0 radical (unpaired) electrons. The largest absolute Gasteiger partial charge is 0.497 e. The first-order chi connectivity index (χ1) is 21.0. The normalized spacial score (nSPS) is 19.5. The number of thioether (sulfide) groups is 1. The smallest absolute Gasteiger partial charge is 0.418 e. The molecule has 44 heavy (non-hydrogen) atoms. The van der Waals surface area contributed by atoms with Crippen LogP contribution in [-0.4, -0.2) is 34.6 Å². The van der Waals surface area contributed by atoms with E-state index >= 15 is 0 Å². The maximum absolute atomic E-state index is 14.0. The molecular formula is C30H21BrF3N3O5S2. The van der Waals surface area contributed by atoms with E-state index in [2.05, 4.69) is 21.2 Å². The van der Waals surface area contributed by atoms with E-state index in [1.165, 1.54) is 23.8 Å². The van der Waals surface area contributed by atoms with Crippen LogP contribution in [0.5, 0.6) is 5.75 Å². The topological polar surface area (TPSA) is 97.7 Å². The van der Waals surface area contributed by atoms with E-state index in [9.17, 15) is 32.3 Å². The molecule has 3 amide bonds. The molecule has 1 saturated heterocycles. The van der Waals surface area contributed by atoms with E-state index in [1.807, 2.05) is 0 Å². The van der Waals surface area contributed by atoms with E-state index in [0.717, 1.165) is 35.2 Å². The highest BCUT2D eigenvalue weighted by atomic mass is 79.9. The molecule has 1 N–H and O–H groups in total. The third-order valence-corrected chi connectivity index (χ3v) is 10.5. The van der Waals surface area contributed by atoms with Crippen molar-refractivity contribution in [3.8, 4) is 5.75 Å². The minimum Gasteiger partial charge on any atom is -0.497 e. The van der Waals surface area contributed by atoms with Crippen LogP contribution in [0.15, 0.2) is 87.1 Å². The summed E-state index contributed by atoms with van der Waals surface area (Å²) >= 11 is 5.20. The number of imide groups is 1. The number of halogens is 4. The summed E-state index contributed by atoms with van der Waals surface area (Å²) in [6, 6.07) is 18.0. The van der Waals surface area contributed by atoms with Gasteiger partial charge in [-0.1, -0.05) is 63.3 Å². The number of hydrogen-bond acceptors (Lipinski definition) is 7. The summed E-state index contributed by atoms with van der Waals surface area (Å²) in [6.45, 7) is -0.380. The Morgan fingerprint density at radius 3 is 2.41 bits per heavy atom. The zero-order valence-electron chi connectivity index (χ0n) is 22.6. The van der Waals surface area contributed by atoms with Crippen LogP contribution in [0.4, 0.5) is 24.5 Å². The molecule has 0 saturated carbocycles. The van der Waals surface area contributed by atoms with Crippen molar-refractivity contribution in [1.82, 2.24) is 4.57 Å². The van der Waals surface area contributed by atoms with Crippen molar-refractivity contribution >= 4 is 68.1 Å². The summed E-state index contributed by atoms with van der Waals surface area (Å²) in [5, 5.41) is 1.91. The molecule has 0 bridgehead atoms. The van der Waals surface area contributed by atoms with Crippen LogP contribution in [0.3, 0.4) is 0 Å². The second-order valence-electron chi connectivity index (χ2n) is 10.0. The maximum Gasteiger partial charge on any atom is 0.418 e. The molecule has 2 aliphatic heterocycles. The number of thiazole rings is 1. The summed E-state index contributed by atoms with van der Waals surface area (Å²) in [7, 11) is 1.51. The average molecular weight is 705 g/mol. The van der Waals surface area contributed by atoms with Crippen molar-refractivity contribution in [2.75, 3.05) is 17.3 Å². The maximum atomic E-state index is 14.0. The van der Waals surface area contributed by atoms with Crippen molar-refractivity contribution in [1.29, 1.82) is 0 Å². The highest BCUT2D eigenvalue weighted by Crippen LogP contribution is 2.54. The Bertz CT molecular complexity index is 1860. The predicted octanol–water partition coefficient (Wildman–Crippen LogP) is 6.13. The number of carbonyl (C=O) groups excluding carboxylic acids is 3. The van der Waals surface area contributed by atoms with Crippen molar-refractivity contribution in [2.24, 2.45) is 5.92 Å². The fraction of sp³-hybridized carbons (Fsp3) is 0.200. The molecule has 6 rings (SSSR count). The van der Waals surface area contributed by atoms with E-state index in [0.29, 0.717) is 36.3 Å². The third-order valence-electron chi connectivity index (χ3n) is 7.38. The Morgan fingerprint density at radius 1 is 1.00 bits per heavy atom. The van der Waals surface area contributed by atoms with E-state index in [4.69, 9.17) is 4.74 Å². The predicted molar refractivity (Wildman–Crippen MR) is 163 cm³/mol. The van der Waals surface area contributed by atoms with Crippen LogP contribution in [0.1, 0.15) is 21.9 Å². The van der Waals surface area contributed by atoms with Gasteiger partial charge in [-0.05, 0) is 54.1 Å². The Morgan fingerprint density at radius 2 is 1.73 bits per heavy atom. The number of methoxy groups -OCH3 is 1. The lowest BCUT2D eigenvalue weighted by Gasteiger charge is -2.30. The van der Waals surface area contributed by atoms with Gasteiger partial charge in [-0.25, -0.2) is 4.90 Å². The van der Waals surface area contributed by atoms with Gasteiger partial charge in [0.2, 0.25) is 17.7 Å². The lowest BCUT2D eigenvalue weighted by molar-refractivity contribution is -0.137. The number of nitrogens with zero attached hydrogens (tertiary/aromatic N) is 2. The molecule has 8 nitrogen and oxygen atoms in total. The second-order valence-corrected chi connectivity index (χ2v) is 13.1. The molecule has 1 fully saturated rings. The van der Waals surface area contributed by atoms with Crippen LogP contribution < -0.4 is 19.8 Å². The molecule has 1 aromatic heterocycles. The van der Waals surface area contributed by atoms with Crippen LogP contribution >= 0.6 is 39.0 Å². The lowest BCUT2D eigenvalue weighted by atomic mass is 9.83. The summed E-state index contributed by atoms with van der Waals surface area (Å²) in [5.41, 5.74) is -0.578. The number of carbonyl (C=O) groups is 3. The minimum absolute atomic E-state index is 0.322. The van der Waals surface area contributed by atoms with Gasteiger partial charge in [-0.3, -0.25) is 23.7 Å². The number of amides is 3. The quantitative estimate of drug-likeness (QED) is 0.243. The van der Waals surface area contributed by atoms with E-state index in [-0.39, 0.29) is 6.54 Å². The van der Waals surface area contributed by atoms with Crippen LogP contribution in [0, 0.1) is 5.92 Å². The van der Waals surface area contributed by atoms with Gasteiger partial charge in [0.1, 0.15) is 17.5 Å². The molecule has 14 heteroatoms. The fourth-order valence-electron chi connectivity index (χ4n) is 5.48. The average Bonchev–Trinajstić information content (AvgIpc) is 3.43. The summed E-state index contributed by atoms with van der Waals surface area (Å²) < 4.78 is 48.9. The van der Waals surface area contributed by atoms with Gasteiger partial charge in [0.05, 0.1) is 29.3 Å². The number of anilines is 2. The first kappa shape index (κ1) is 30.2. The number of benzene rings is 3. The van der Waals surface area contributed by atoms with Gasteiger partial charge in [-0.2, -0.15) is 13.2 Å². The minimum atomic E-state index is -4.81. The Kier molecular flexibility index (Phi) is 7.92. The standard InChI is InChI=1S/C30H21BrF3N3O5S2/c1-42-18-11-9-17(10-12-18)35-21(38)14-36-28-25(44-29(36)41)22(15-5-4-6-16(31)13-15)23-24(43-28)27(40)37(26(23)39)20-8-3-2-7-19(20)30(32,33)34/h2-13,22-24H,14H2,1H3,(H,35,38)/t22-,23-,24+/m0/s1. The van der Waals surface area contributed by atoms with Gasteiger partial charge < -0.3 is 10.1 Å². The molecule has 0 unspecified atom stereocenters. The summed E-state index contributed by atoms with van der Waals surface area (Å²) in [6.07, 6.45) is -4.81. The van der Waals surface area contributed by atoms with Gasteiger partial charge in [0, 0.05) is 21.0 Å². The first-order valence-corrected chi connectivity index (χ1v) is 15.6. The Balaban J connectivity index is 1.41. The van der Waals surface area contributed by atoms with E-state index < -0.39 is 57.1 Å². The molecule has 3 heterocycles. The number of hydrogen-bond donors (Lipinski definition) is 1. The highest BCUT2D eigenvalue weighted by molar-refractivity contribution is 9.10. The molecule has 4 aromatic rings. The number of ether oxygens (including phenoxy) is 1. The lowest BCUT2D eigenvalue weighted by Crippen LogP contribution is -2.33. The van der Waals surface area contributed by atoms with Crippen LogP contribution in [0.2, 0.25) is 0 Å². The van der Waals surface area contributed by atoms with Crippen molar-refractivity contribution < 1.29 is 32.3 Å². The van der Waals surface area contributed by atoms with Crippen molar-refractivity contribution in [3.05, 3.63) is 103 Å². The fourth-order valence-corrected chi connectivity index (χ4v) is 8.67. The van der Waals surface area contributed by atoms with Crippen LogP contribution in [0.25, 0.3) is 0 Å². The second kappa shape index (κ2) is 11.6. The van der Waals surface area contributed by atoms with Crippen LogP contribution in [-0.2, 0) is 27.1 Å². The Labute approximate surface area is 265 Å². The number of alkyl halides is 3. The van der Waals surface area contributed by atoms with Crippen molar-refractivity contribution in [3.63, 3.8) is 0 Å². The van der Waals surface area contributed by atoms with Crippen molar-refractivity contribution in [2.45, 2.75) is 28.9 Å². The number of aromatic nitrogens is 1. The van der Waals surface area contributed by atoms with Gasteiger partial charge in [-0.15, -0.1) is 0 Å². The SMILES string of the molecule is COc1ccc(NC(=O)Cn2c3c(sc2=O)[C@@H](c2cccc(Br)c2)[C@@H]2C(=O)N(c4ccccc4C(F)(F)F)C(=O)[C@@H]2S3)cc1. The number of nitrogens with one attached hydrogen (secondary N) is 1. The van der Waals surface area contributed by atoms with Gasteiger partial charge in [0.15, 0.2) is 0 Å². The number of fused-ring (bicyclic) bond motifs is 2. The van der Waals surface area contributed by atoms with Gasteiger partial charge in [0.25, 0.3) is 0 Å². The molecule has 226 valence electrons. The third kappa shape index (κ3) is 5.35. The first-order valence-electron chi connectivity index (χ1n) is 13.1. The molecule has 3 aromatic carbocycles. The molecule has 0 spiro atoms. The Hall–Kier alpha value is -3.88. The van der Waals surface area contributed by atoms with Gasteiger partial charge >= 0.3 is 11.0 Å². The molecule has 2 aliphatic rings. The zero-order valence-corrected chi connectivity index (χ0v) is 25.9. The summed E-state index contributed by atoms with van der Waals surface area (Å²) in [5.74, 6) is -3.43. The molecule has 0 aliphatic carbocycles. The zero-order chi connectivity index (χ0) is 31.3. The highest BCUT2D eigenvalue weighted by Gasteiger charge is 2.57. The number of para-hydroxylation sites is 1. The monoisotopic (exact) mass is 703 g/mol. The van der Waals surface area contributed by atoms with E-state index in [1.54, 1.807) is 48.5 Å². The molecule has 3 atom stereocenters.